The van der Waals surface area contributed by atoms with Gasteiger partial charge in [0.1, 0.15) is 0 Å². The molecule has 7 heteroatoms. The zero-order valence-corrected chi connectivity index (χ0v) is 14.9. The van der Waals surface area contributed by atoms with Crippen LogP contribution in [0, 0.1) is 6.92 Å². The van der Waals surface area contributed by atoms with Crippen molar-refractivity contribution in [2.45, 2.75) is 13.8 Å². The summed E-state index contributed by atoms with van der Waals surface area (Å²) in [6.07, 6.45) is 8.15. The Morgan fingerprint density at radius 1 is 1.35 bits per heavy atom. The molecule has 0 fully saturated rings. The van der Waals surface area contributed by atoms with Crippen molar-refractivity contribution in [1.82, 2.24) is 15.0 Å². The molecule has 0 aliphatic heterocycles. The Bertz CT molecular complexity index is 1050. The Morgan fingerprint density at radius 3 is 2.85 bits per heavy atom. The first-order valence-electron chi connectivity index (χ1n) is 8.06. The predicted molar refractivity (Wildman–Crippen MR) is 105 cm³/mol. The van der Waals surface area contributed by atoms with Crippen molar-refractivity contribution in [2.75, 3.05) is 7.05 Å². The van der Waals surface area contributed by atoms with Gasteiger partial charge < -0.3 is 15.8 Å². The van der Waals surface area contributed by atoms with Crippen LogP contribution < -0.4 is 5.73 Å². The van der Waals surface area contributed by atoms with E-state index < -0.39 is 0 Å². The van der Waals surface area contributed by atoms with Gasteiger partial charge in [-0.05, 0) is 31.5 Å². The van der Waals surface area contributed by atoms with E-state index in [2.05, 4.69) is 24.9 Å². The molecular formula is C19H20N6O. The van der Waals surface area contributed by atoms with E-state index in [1.54, 1.807) is 31.9 Å². The van der Waals surface area contributed by atoms with Crippen molar-refractivity contribution in [3.63, 3.8) is 0 Å². The molecule has 3 heterocycles. The van der Waals surface area contributed by atoms with E-state index in [9.17, 15) is 5.11 Å². The first-order chi connectivity index (χ1) is 12.5. The molecule has 0 saturated heterocycles. The van der Waals surface area contributed by atoms with E-state index in [-0.39, 0.29) is 5.88 Å². The van der Waals surface area contributed by atoms with Gasteiger partial charge in [-0.3, -0.25) is 15.0 Å². The molecule has 26 heavy (non-hydrogen) atoms. The van der Waals surface area contributed by atoms with Crippen molar-refractivity contribution in [3.05, 3.63) is 53.7 Å². The van der Waals surface area contributed by atoms with Gasteiger partial charge in [0.05, 0.1) is 34.4 Å². The lowest BCUT2D eigenvalue weighted by Gasteiger charge is -2.05. The average Bonchev–Trinajstić information content (AvgIpc) is 2.96. The van der Waals surface area contributed by atoms with Crippen LogP contribution >= 0.6 is 0 Å². The van der Waals surface area contributed by atoms with E-state index in [4.69, 9.17) is 5.73 Å². The topological polar surface area (TPSA) is 113 Å². The van der Waals surface area contributed by atoms with Crippen molar-refractivity contribution in [1.29, 1.82) is 0 Å². The number of nitrogens with two attached hydrogens (primary N) is 1. The molecule has 0 unspecified atom stereocenters. The fraction of sp³-hybridized carbons (Fsp3) is 0.158. The van der Waals surface area contributed by atoms with Crippen LogP contribution in [-0.4, -0.2) is 39.0 Å². The van der Waals surface area contributed by atoms with Gasteiger partial charge in [0.25, 0.3) is 0 Å². The number of hydrogen-bond donors (Lipinski definition) is 3. The Kier molecular flexibility index (Phi) is 4.79. The molecule has 0 amide bonds. The van der Waals surface area contributed by atoms with Gasteiger partial charge in [-0.2, -0.15) is 0 Å². The number of aromatic hydroxyl groups is 1. The summed E-state index contributed by atoms with van der Waals surface area (Å²) in [6, 6.07) is 3.86. The quantitative estimate of drug-likeness (QED) is 0.629. The van der Waals surface area contributed by atoms with Gasteiger partial charge in [0.2, 0.25) is 0 Å². The Morgan fingerprint density at radius 2 is 2.15 bits per heavy atom. The molecule has 0 atom stereocenters. The summed E-state index contributed by atoms with van der Waals surface area (Å²) in [5.74, 6) is 0.0351. The molecule has 0 bridgehead atoms. The van der Waals surface area contributed by atoms with Gasteiger partial charge in [-0.1, -0.05) is 0 Å². The minimum absolute atomic E-state index is 0.0351. The molecule has 3 aromatic heterocycles. The van der Waals surface area contributed by atoms with Crippen LogP contribution in [-0.2, 0) is 0 Å². The maximum Gasteiger partial charge on any atom is 0.198 e. The maximum atomic E-state index is 10.4. The molecule has 3 rings (SSSR count). The standard InChI is InChI=1S/C19H20N6O/c1-11-4-5-22-9-15(11)16-6-14-17(10-23-16)25-19(26)18(14)12(2)24-13(7-20)8-21-3/h4-10,25-26H,20H2,1-3H3. The Balaban J connectivity index is 2.17. The summed E-state index contributed by atoms with van der Waals surface area (Å²) in [5, 5.41) is 11.2. The third-order valence-electron chi connectivity index (χ3n) is 4.07. The predicted octanol–water partition coefficient (Wildman–Crippen LogP) is 2.95. The highest BCUT2D eigenvalue weighted by Crippen LogP contribution is 2.31. The number of aromatic amines is 1. The molecule has 4 N–H and O–H groups in total. The Hall–Kier alpha value is -3.48. The van der Waals surface area contributed by atoms with Gasteiger partial charge in [0.15, 0.2) is 5.88 Å². The largest absolute Gasteiger partial charge is 0.494 e. The van der Waals surface area contributed by atoms with Crippen LogP contribution in [0.3, 0.4) is 0 Å². The number of H-pyrrole nitrogens is 1. The number of aryl methyl sites for hydroxylation is 1. The lowest BCUT2D eigenvalue weighted by molar-refractivity contribution is 0.457. The minimum atomic E-state index is 0.0351. The number of pyridine rings is 2. The summed E-state index contributed by atoms with van der Waals surface area (Å²) in [4.78, 5) is 20.0. The van der Waals surface area contributed by atoms with Crippen LogP contribution in [0.5, 0.6) is 5.88 Å². The maximum absolute atomic E-state index is 10.4. The zero-order valence-electron chi connectivity index (χ0n) is 14.9. The third-order valence-corrected chi connectivity index (χ3v) is 4.07. The Labute approximate surface area is 151 Å². The summed E-state index contributed by atoms with van der Waals surface area (Å²) < 4.78 is 0. The highest BCUT2D eigenvalue weighted by atomic mass is 16.3. The molecule has 0 radical (unpaired) electrons. The van der Waals surface area contributed by atoms with Gasteiger partial charge >= 0.3 is 0 Å². The summed E-state index contributed by atoms with van der Waals surface area (Å²) in [5.41, 5.74) is 10.8. The van der Waals surface area contributed by atoms with Gasteiger partial charge in [-0.25, -0.2) is 4.99 Å². The number of nitrogens with zero attached hydrogens (tertiary/aromatic N) is 4. The molecular weight excluding hydrogens is 328 g/mol. The van der Waals surface area contributed by atoms with Crippen molar-refractivity contribution in [2.24, 2.45) is 15.7 Å². The summed E-state index contributed by atoms with van der Waals surface area (Å²) in [7, 11) is 1.64. The first-order valence-corrected chi connectivity index (χ1v) is 8.06. The van der Waals surface area contributed by atoms with Crippen molar-refractivity contribution < 1.29 is 5.11 Å². The van der Waals surface area contributed by atoms with E-state index in [1.165, 1.54) is 6.20 Å². The lowest BCUT2D eigenvalue weighted by atomic mass is 10.0. The number of hydrogen-bond acceptors (Lipinski definition) is 6. The van der Waals surface area contributed by atoms with E-state index in [0.29, 0.717) is 17.0 Å². The normalized spacial score (nSPS) is 13.0. The fourth-order valence-corrected chi connectivity index (χ4v) is 2.82. The summed E-state index contributed by atoms with van der Waals surface area (Å²) in [6.45, 7) is 3.82. The van der Waals surface area contributed by atoms with Crippen LogP contribution in [0.25, 0.3) is 22.2 Å². The zero-order chi connectivity index (χ0) is 18.7. The van der Waals surface area contributed by atoms with Gasteiger partial charge in [-0.15, -0.1) is 0 Å². The highest BCUT2D eigenvalue weighted by Gasteiger charge is 2.16. The van der Waals surface area contributed by atoms with E-state index in [1.807, 2.05) is 26.0 Å². The molecule has 0 aliphatic carbocycles. The van der Waals surface area contributed by atoms with Crippen LogP contribution in [0.4, 0.5) is 0 Å². The summed E-state index contributed by atoms with van der Waals surface area (Å²) >= 11 is 0. The molecule has 0 aliphatic rings. The van der Waals surface area contributed by atoms with Crippen LogP contribution in [0.15, 0.2) is 52.6 Å². The molecule has 0 saturated carbocycles. The average molecular weight is 348 g/mol. The molecule has 0 spiro atoms. The number of allylic oxidation sites excluding steroid dienone is 1. The second-order valence-electron chi connectivity index (χ2n) is 5.83. The minimum Gasteiger partial charge on any atom is -0.494 e. The smallest absolute Gasteiger partial charge is 0.198 e. The lowest BCUT2D eigenvalue weighted by Crippen LogP contribution is -1.98. The first kappa shape index (κ1) is 17.3. The monoisotopic (exact) mass is 348 g/mol. The number of aliphatic imine (C=N–C) groups is 2. The number of aromatic nitrogens is 3. The highest BCUT2D eigenvalue weighted by molar-refractivity contribution is 6.13. The molecule has 3 aromatic rings. The number of rotatable bonds is 4. The van der Waals surface area contributed by atoms with Crippen LogP contribution in [0.1, 0.15) is 18.1 Å². The van der Waals surface area contributed by atoms with E-state index in [0.717, 1.165) is 27.7 Å². The number of nitrogens with one attached hydrogen (secondary N) is 1. The van der Waals surface area contributed by atoms with Crippen LogP contribution in [0.2, 0.25) is 0 Å². The molecule has 0 aromatic carbocycles. The third kappa shape index (κ3) is 3.19. The van der Waals surface area contributed by atoms with Gasteiger partial charge in [0, 0.05) is 42.8 Å². The molecule has 7 nitrogen and oxygen atoms in total. The van der Waals surface area contributed by atoms with Crippen molar-refractivity contribution in [3.8, 4) is 17.1 Å². The van der Waals surface area contributed by atoms with E-state index >= 15 is 0 Å². The van der Waals surface area contributed by atoms with Crippen molar-refractivity contribution >= 4 is 22.8 Å². The second kappa shape index (κ2) is 7.18. The SMILES string of the molecule is CN=CC(=CN)N=C(C)c1c(O)[nH]c2cnc(-c3cnccc3C)cc12. The second-order valence-corrected chi connectivity index (χ2v) is 5.83. The fourth-order valence-electron chi connectivity index (χ4n) is 2.82. The number of fused-ring (bicyclic) bond motifs is 1. The molecule has 132 valence electrons.